The second-order valence-electron chi connectivity index (χ2n) is 6.19. The minimum absolute atomic E-state index is 0.0147. The second-order valence-corrected chi connectivity index (χ2v) is 6.19. The smallest absolute Gasteiger partial charge is 0.222 e. The van der Waals surface area contributed by atoms with Crippen molar-refractivity contribution < 1.29 is 9.53 Å². The number of carbonyl (C=O) groups excluding carboxylic acids is 1. The van der Waals surface area contributed by atoms with Crippen LogP contribution in [0.15, 0.2) is 73.1 Å². The van der Waals surface area contributed by atoms with Crippen LogP contribution in [-0.2, 0) is 4.79 Å². The minimum atomic E-state index is -0.273. The summed E-state index contributed by atoms with van der Waals surface area (Å²) in [6.45, 7) is 1.98. The first kappa shape index (κ1) is 17.7. The highest BCUT2D eigenvalue weighted by atomic mass is 16.5. The zero-order valence-corrected chi connectivity index (χ0v) is 15.0. The van der Waals surface area contributed by atoms with Gasteiger partial charge in [0.15, 0.2) is 0 Å². The van der Waals surface area contributed by atoms with Gasteiger partial charge in [0, 0.05) is 24.4 Å². The van der Waals surface area contributed by atoms with Gasteiger partial charge in [-0.3, -0.25) is 9.48 Å². The molecule has 5 heteroatoms. The zero-order valence-electron chi connectivity index (χ0n) is 15.0. The van der Waals surface area contributed by atoms with Crippen LogP contribution in [0.2, 0.25) is 0 Å². The number of ether oxygens (including phenoxy) is 1. The first-order chi connectivity index (χ1) is 12.7. The monoisotopic (exact) mass is 349 g/mol. The summed E-state index contributed by atoms with van der Waals surface area (Å²) in [4.78, 5) is 12.7. The maximum atomic E-state index is 12.7. The molecule has 0 bridgehead atoms. The molecule has 0 aliphatic rings. The van der Waals surface area contributed by atoms with Gasteiger partial charge < -0.3 is 10.1 Å². The van der Waals surface area contributed by atoms with E-state index in [0.717, 1.165) is 16.9 Å². The van der Waals surface area contributed by atoms with Crippen LogP contribution in [-0.4, -0.2) is 22.8 Å². The molecule has 0 saturated heterocycles. The van der Waals surface area contributed by atoms with E-state index in [-0.39, 0.29) is 18.0 Å². The standard InChI is InChI=1S/C21H23N3O2/c1-16(24-14-8-13-22-24)15-20(25)23-21(17-9-4-3-5-10-17)18-11-6-7-12-19(18)26-2/h3-14,16,21H,15H2,1-2H3,(H,23,25)/t16-,21-/m1/s1. The number of rotatable bonds is 7. The Morgan fingerprint density at radius 3 is 2.54 bits per heavy atom. The number of amides is 1. The maximum Gasteiger partial charge on any atom is 0.222 e. The molecule has 5 nitrogen and oxygen atoms in total. The third-order valence-corrected chi connectivity index (χ3v) is 4.35. The van der Waals surface area contributed by atoms with E-state index >= 15 is 0 Å². The van der Waals surface area contributed by atoms with Gasteiger partial charge in [0.25, 0.3) is 0 Å². The molecule has 0 radical (unpaired) electrons. The lowest BCUT2D eigenvalue weighted by Crippen LogP contribution is -2.31. The average Bonchev–Trinajstić information content (AvgIpc) is 3.22. The van der Waals surface area contributed by atoms with E-state index in [1.54, 1.807) is 18.0 Å². The molecule has 2 atom stereocenters. The quantitative estimate of drug-likeness (QED) is 0.707. The molecule has 1 aromatic heterocycles. The lowest BCUT2D eigenvalue weighted by molar-refractivity contribution is -0.122. The number of hydrogen-bond acceptors (Lipinski definition) is 3. The molecule has 3 rings (SSSR count). The van der Waals surface area contributed by atoms with E-state index in [2.05, 4.69) is 10.4 Å². The number of benzene rings is 2. The fourth-order valence-electron chi connectivity index (χ4n) is 3.01. The van der Waals surface area contributed by atoms with Crippen LogP contribution in [0, 0.1) is 0 Å². The molecule has 2 aromatic carbocycles. The van der Waals surface area contributed by atoms with Crippen molar-refractivity contribution in [1.82, 2.24) is 15.1 Å². The van der Waals surface area contributed by atoms with E-state index in [1.807, 2.05) is 73.8 Å². The van der Waals surface area contributed by atoms with Crippen molar-refractivity contribution in [2.24, 2.45) is 0 Å². The average molecular weight is 349 g/mol. The predicted molar refractivity (Wildman–Crippen MR) is 101 cm³/mol. The molecule has 1 N–H and O–H groups in total. The normalized spacial score (nSPS) is 13.0. The van der Waals surface area contributed by atoms with Crippen molar-refractivity contribution in [3.63, 3.8) is 0 Å². The summed E-state index contributed by atoms with van der Waals surface area (Å²) >= 11 is 0. The molecule has 0 unspecified atom stereocenters. The van der Waals surface area contributed by atoms with Crippen LogP contribution in [0.3, 0.4) is 0 Å². The molecule has 1 amide bonds. The predicted octanol–water partition coefficient (Wildman–Crippen LogP) is 3.75. The van der Waals surface area contributed by atoms with Crippen molar-refractivity contribution in [1.29, 1.82) is 0 Å². The number of carbonyl (C=O) groups is 1. The molecule has 0 saturated carbocycles. The summed E-state index contributed by atoms with van der Waals surface area (Å²) in [6, 6.07) is 19.2. The second kappa shape index (κ2) is 8.34. The summed E-state index contributed by atoms with van der Waals surface area (Å²) < 4.78 is 7.30. The van der Waals surface area contributed by atoms with Gasteiger partial charge in [-0.05, 0) is 24.6 Å². The van der Waals surface area contributed by atoms with E-state index < -0.39 is 0 Å². The van der Waals surface area contributed by atoms with Gasteiger partial charge in [0.05, 0.1) is 19.2 Å². The highest BCUT2D eigenvalue weighted by Gasteiger charge is 2.21. The summed E-state index contributed by atoms with van der Waals surface area (Å²) in [6.07, 6.45) is 3.93. The first-order valence-electron chi connectivity index (χ1n) is 8.65. The Kier molecular flexibility index (Phi) is 5.69. The highest BCUT2D eigenvalue weighted by molar-refractivity contribution is 5.77. The molecular formula is C21H23N3O2. The molecular weight excluding hydrogens is 326 g/mol. The van der Waals surface area contributed by atoms with E-state index in [1.165, 1.54) is 0 Å². The van der Waals surface area contributed by atoms with Gasteiger partial charge in [-0.2, -0.15) is 5.10 Å². The number of hydrogen-bond donors (Lipinski definition) is 1. The van der Waals surface area contributed by atoms with Crippen LogP contribution in [0.4, 0.5) is 0 Å². The van der Waals surface area contributed by atoms with Crippen LogP contribution < -0.4 is 10.1 Å². The van der Waals surface area contributed by atoms with Gasteiger partial charge >= 0.3 is 0 Å². The Bertz CT molecular complexity index is 831. The number of aromatic nitrogens is 2. The third-order valence-electron chi connectivity index (χ3n) is 4.35. The topological polar surface area (TPSA) is 56.1 Å². The largest absolute Gasteiger partial charge is 0.496 e. The van der Waals surface area contributed by atoms with E-state index in [0.29, 0.717) is 6.42 Å². The number of nitrogens with zero attached hydrogens (tertiary/aromatic N) is 2. The summed E-state index contributed by atoms with van der Waals surface area (Å²) in [7, 11) is 1.64. The van der Waals surface area contributed by atoms with E-state index in [9.17, 15) is 4.79 Å². The zero-order chi connectivity index (χ0) is 18.4. The van der Waals surface area contributed by atoms with Gasteiger partial charge in [0.2, 0.25) is 5.91 Å². The number of nitrogens with one attached hydrogen (secondary N) is 1. The molecule has 0 spiro atoms. The van der Waals surface area contributed by atoms with Crippen LogP contribution in [0.25, 0.3) is 0 Å². The van der Waals surface area contributed by atoms with Gasteiger partial charge in [-0.15, -0.1) is 0 Å². The Morgan fingerprint density at radius 1 is 1.12 bits per heavy atom. The van der Waals surface area contributed by atoms with Crippen molar-refractivity contribution in [3.05, 3.63) is 84.2 Å². The lowest BCUT2D eigenvalue weighted by atomic mass is 9.97. The fourth-order valence-corrected chi connectivity index (χ4v) is 3.01. The Hall–Kier alpha value is -3.08. The molecule has 3 aromatic rings. The van der Waals surface area contributed by atoms with Crippen LogP contribution in [0.1, 0.15) is 36.6 Å². The molecule has 0 aliphatic heterocycles. The van der Waals surface area contributed by atoms with Crippen LogP contribution >= 0.6 is 0 Å². The summed E-state index contributed by atoms with van der Waals surface area (Å²) in [5.74, 6) is 0.717. The van der Waals surface area contributed by atoms with Crippen molar-refractivity contribution in [2.75, 3.05) is 7.11 Å². The van der Waals surface area contributed by atoms with E-state index in [4.69, 9.17) is 4.74 Å². The molecule has 1 heterocycles. The maximum absolute atomic E-state index is 12.7. The molecule has 134 valence electrons. The summed E-state index contributed by atoms with van der Waals surface area (Å²) in [5.41, 5.74) is 1.94. The Labute approximate surface area is 153 Å². The van der Waals surface area contributed by atoms with Crippen molar-refractivity contribution in [3.8, 4) is 5.75 Å². The number of methoxy groups -OCH3 is 1. The third kappa shape index (κ3) is 4.11. The SMILES string of the molecule is COc1ccccc1[C@H](NC(=O)C[C@@H](C)n1cccn1)c1ccccc1. The Balaban J connectivity index is 1.83. The van der Waals surface area contributed by atoms with Crippen molar-refractivity contribution >= 4 is 5.91 Å². The fraction of sp³-hybridized carbons (Fsp3) is 0.238. The minimum Gasteiger partial charge on any atom is -0.496 e. The molecule has 26 heavy (non-hydrogen) atoms. The van der Waals surface area contributed by atoms with Crippen molar-refractivity contribution in [2.45, 2.75) is 25.4 Å². The molecule has 0 fully saturated rings. The first-order valence-corrected chi connectivity index (χ1v) is 8.65. The van der Waals surface area contributed by atoms with Gasteiger partial charge in [-0.25, -0.2) is 0 Å². The number of para-hydroxylation sites is 1. The Morgan fingerprint density at radius 2 is 1.85 bits per heavy atom. The van der Waals surface area contributed by atoms with Crippen LogP contribution in [0.5, 0.6) is 5.75 Å². The van der Waals surface area contributed by atoms with Gasteiger partial charge in [-0.1, -0.05) is 48.5 Å². The molecule has 0 aliphatic carbocycles. The highest BCUT2D eigenvalue weighted by Crippen LogP contribution is 2.30. The lowest BCUT2D eigenvalue weighted by Gasteiger charge is -2.23. The summed E-state index contributed by atoms with van der Waals surface area (Å²) in [5, 5.41) is 7.37. The van der Waals surface area contributed by atoms with Gasteiger partial charge in [0.1, 0.15) is 5.75 Å².